The number of nitrogens with zero attached hydrogens (tertiary/aromatic N) is 1. The number of hydrogen-bond donors (Lipinski definition) is 2. The van der Waals surface area contributed by atoms with Crippen molar-refractivity contribution in [3.63, 3.8) is 0 Å². The molecule has 0 aliphatic rings. The Morgan fingerprint density at radius 2 is 1.69 bits per heavy atom. The Labute approximate surface area is 155 Å². The van der Waals surface area contributed by atoms with Crippen LogP contribution in [0.1, 0.15) is 33.9 Å². The molecule has 2 aromatic rings. The normalized spacial score (nSPS) is 11.7. The molecule has 0 aliphatic heterocycles. The Kier molecular flexibility index (Phi) is 7.36. The molecule has 138 valence electrons. The van der Waals surface area contributed by atoms with E-state index in [0.717, 1.165) is 17.7 Å². The number of nitrogens with one attached hydrogen (secondary N) is 2. The number of carbonyl (C=O) groups excluding carboxylic acids is 2. The zero-order valence-electron chi connectivity index (χ0n) is 15.7. The van der Waals surface area contributed by atoms with Crippen LogP contribution in [0.15, 0.2) is 54.6 Å². The summed E-state index contributed by atoms with van der Waals surface area (Å²) in [5, 5.41) is 6.04. The molecule has 0 heterocycles. The van der Waals surface area contributed by atoms with Gasteiger partial charge >= 0.3 is 0 Å². The van der Waals surface area contributed by atoms with Crippen molar-refractivity contribution in [1.82, 2.24) is 15.5 Å². The lowest BCUT2D eigenvalue weighted by Crippen LogP contribution is -2.37. The van der Waals surface area contributed by atoms with E-state index in [4.69, 9.17) is 0 Å². The highest BCUT2D eigenvalue weighted by atomic mass is 16.2. The predicted molar refractivity (Wildman–Crippen MR) is 104 cm³/mol. The van der Waals surface area contributed by atoms with Gasteiger partial charge in [0.2, 0.25) is 5.91 Å². The van der Waals surface area contributed by atoms with Gasteiger partial charge in [-0.2, -0.15) is 0 Å². The maximum absolute atomic E-state index is 12.6. The second-order valence-corrected chi connectivity index (χ2v) is 6.43. The van der Waals surface area contributed by atoms with Crippen molar-refractivity contribution in [3.8, 4) is 0 Å². The molecule has 1 atom stereocenters. The third-order valence-corrected chi connectivity index (χ3v) is 4.32. The Bertz CT molecular complexity index is 714. The molecule has 0 aromatic heterocycles. The second-order valence-electron chi connectivity index (χ2n) is 6.43. The Hall–Kier alpha value is -2.66. The van der Waals surface area contributed by atoms with Crippen LogP contribution >= 0.6 is 0 Å². The van der Waals surface area contributed by atoms with E-state index in [9.17, 15) is 9.59 Å². The van der Waals surface area contributed by atoms with Crippen LogP contribution in [0.4, 0.5) is 0 Å². The molecule has 0 bridgehead atoms. The minimum atomic E-state index is -0.366. The molecule has 2 rings (SSSR count). The first-order chi connectivity index (χ1) is 12.5. The molecule has 0 saturated heterocycles. The Balaban J connectivity index is 2.12. The zero-order chi connectivity index (χ0) is 18.9. The number of aryl methyl sites for hydroxylation is 1. The molecule has 26 heavy (non-hydrogen) atoms. The summed E-state index contributed by atoms with van der Waals surface area (Å²) in [7, 11) is 3.64. The lowest BCUT2D eigenvalue weighted by atomic mass is 10.0. The van der Waals surface area contributed by atoms with Crippen LogP contribution < -0.4 is 10.6 Å². The molecule has 0 saturated carbocycles. The molecular formula is C21H27N3O2. The highest BCUT2D eigenvalue weighted by Crippen LogP contribution is 2.18. The van der Waals surface area contributed by atoms with Crippen LogP contribution in [0.25, 0.3) is 0 Å². The summed E-state index contributed by atoms with van der Waals surface area (Å²) in [6, 6.07) is 16.7. The van der Waals surface area contributed by atoms with Crippen molar-refractivity contribution in [2.75, 3.05) is 27.2 Å². The van der Waals surface area contributed by atoms with E-state index in [2.05, 4.69) is 10.6 Å². The first-order valence-corrected chi connectivity index (χ1v) is 8.82. The van der Waals surface area contributed by atoms with Crippen molar-refractivity contribution in [2.24, 2.45) is 0 Å². The molecule has 5 nitrogen and oxygen atoms in total. The molecule has 5 heteroatoms. The first kappa shape index (κ1) is 19.7. The minimum Gasteiger partial charge on any atom is -0.345 e. The van der Waals surface area contributed by atoms with E-state index in [-0.39, 0.29) is 24.3 Å². The monoisotopic (exact) mass is 353 g/mol. The fourth-order valence-corrected chi connectivity index (χ4v) is 2.62. The molecule has 2 aromatic carbocycles. The molecule has 0 fully saturated rings. The molecule has 2 amide bonds. The SMILES string of the molecule is CNCCN(C)C(=O)CC(NC(=O)c1ccc(C)cc1)c1ccccc1. The molecule has 1 unspecified atom stereocenters. The quantitative estimate of drug-likeness (QED) is 0.767. The topological polar surface area (TPSA) is 61.4 Å². The van der Waals surface area contributed by atoms with Crippen molar-refractivity contribution < 1.29 is 9.59 Å². The van der Waals surface area contributed by atoms with Gasteiger partial charge in [0, 0.05) is 25.7 Å². The summed E-state index contributed by atoms with van der Waals surface area (Å²) in [6.07, 6.45) is 0.224. The fourth-order valence-electron chi connectivity index (χ4n) is 2.62. The summed E-state index contributed by atoms with van der Waals surface area (Å²) >= 11 is 0. The fraction of sp³-hybridized carbons (Fsp3) is 0.333. The second kappa shape index (κ2) is 9.73. The summed E-state index contributed by atoms with van der Waals surface area (Å²) in [4.78, 5) is 26.8. The van der Waals surface area contributed by atoms with E-state index >= 15 is 0 Å². The predicted octanol–water partition coefficient (Wildman–Crippen LogP) is 2.53. The summed E-state index contributed by atoms with van der Waals surface area (Å²) in [5.74, 6) is -0.178. The van der Waals surface area contributed by atoms with Gasteiger partial charge in [0.05, 0.1) is 12.5 Å². The Morgan fingerprint density at radius 3 is 2.31 bits per heavy atom. The maximum atomic E-state index is 12.6. The van der Waals surface area contributed by atoms with Gasteiger partial charge in [0.25, 0.3) is 5.91 Å². The van der Waals surface area contributed by atoms with Gasteiger partial charge in [-0.3, -0.25) is 9.59 Å². The molecule has 2 N–H and O–H groups in total. The number of amides is 2. The van der Waals surface area contributed by atoms with Crippen LogP contribution in [-0.4, -0.2) is 43.9 Å². The van der Waals surface area contributed by atoms with Gasteiger partial charge in [-0.25, -0.2) is 0 Å². The smallest absolute Gasteiger partial charge is 0.251 e. The van der Waals surface area contributed by atoms with Crippen LogP contribution in [0.5, 0.6) is 0 Å². The lowest BCUT2D eigenvalue weighted by molar-refractivity contribution is -0.130. The first-order valence-electron chi connectivity index (χ1n) is 8.82. The van der Waals surface area contributed by atoms with E-state index < -0.39 is 0 Å². The van der Waals surface area contributed by atoms with Gasteiger partial charge in [-0.05, 0) is 31.7 Å². The van der Waals surface area contributed by atoms with Crippen LogP contribution in [0.2, 0.25) is 0 Å². The highest BCUT2D eigenvalue weighted by Gasteiger charge is 2.21. The Morgan fingerprint density at radius 1 is 1.04 bits per heavy atom. The standard InChI is InChI=1S/C21H27N3O2/c1-16-9-11-18(12-10-16)21(26)23-19(17-7-5-4-6-8-17)15-20(25)24(3)14-13-22-2/h4-12,19,22H,13-15H2,1-3H3,(H,23,26). The average Bonchev–Trinajstić information content (AvgIpc) is 2.66. The summed E-state index contributed by atoms with van der Waals surface area (Å²) in [6.45, 7) is 3.34. The van der Waals surface area contributed by atoms with Crippen LogP contribution in [0.3, 0.4) is 0 Å². The average molecular weight is 353 g/mol. The van der Waals surface area contributed by atoms with Gasteiger partial charge in [-0.15, -0.1) is 0 Å². The number of hydrogen-bond acceptors (Lipinski definition) is 3. The van der Waals surface area contributed by atoms with Gasteiger partial charge < -0.3 is 15.5 Å². The highest BCUT2D eigenvalue weighted by molar-refractivity contribution is 5.94. The van der Waals surface area contributed by atoms with Gasteiger partial charge in [0.1, 0.15) is 0 Å². The van der Waals surface area contributed by atoms with Crippen LogP contribution in [-0.2, 0) is 4.79 Å². The number of likely N-dealkylation sites (N-methyl/N-ethyl adjacent to an activating group) is 2. The molecule has 0 aliphatic carbocycles. The van der Waals surface area contributed by atoms with E-state index in [1.165, 1.54) is 0 Å². The van der Waals surface area contributed by atoms with Gasteiger partial charge in [0.15, 0.2) is 0 Å². The molecule has 0 radical (unpaired) electrons. The number of rotatable bonds is 8. The zero-order valence-corrected chi connectivity index (χ0v) is 15.7. The number of carbonyl (C=O) groups is 2. The summed E-state index contributed by atoms with van der Waals surface area (Å²) in [5.41, 5.74) is 2.61. The van der Waals surface area contributed by atoms with Crippen molar-refractivity contribution >= 4 is 11.8 Å². The molecular weight excluding hydrogens is 326 g/mol. The third kappa shape index (κ3) is 5.70. The molecule has 0 spiro atoms. The summed E-state index contributed by atoms with van der Waals surface area (Å²) < 4.78 is 0. The van der Waals surface area contributed by atoms with E-state index in [1.54, 1.807) is 24.1 Å². The van der Waals surface area contributed by atoms with E-state index in [0.29, 0.717) is 12.1 Å². The third-order valence-electron chi connectivity index (χ3n) is 4.32. The van der Waals surface area contributed by atoms with Gasteiger partial charge in [-0.1, -0.05) is 48.0 Å². The van der Waals surface area contributed by atoms with E-state index in [1.807, 2.05) is 56.4 Å². The maximum Gasteiger partial charge on any atom is 0.251 e. The number of benzene rings is 2. The lowest BCUT2D eigenvalue weighted by Gasteiger charge is -2.23. The largest absolute Gasteiger partial charge is 0.345 e. The van der Waals surface area contributed by atoms with Crippen LogP contribution in [0, 0.1) is 6.92 Å². The van der Waals surface area contributed by atoms with Crippen molar-refractivity contribution in [2.45, 2.75) is 19.4 Å². The minimum absolute atomic E-state index is 0.00157. The van der Waals surface area contributed by atoms with Crippen molar-refractivity contribution in [1.29, 1.82) is 0 Å². The van der Waals surface area contributed by atoms with Crippen molar-refractivity contribution in [3.05, 3.63) is 71.3 Å².